The third-order valence-electron chi connectivity index (χ3n) is 4.39. The van der Waals surface area contributed by atoms with E-state index < -0.39 is 0 Å². The molecule has 0 amide bonds. The summed E-state index contributed by atoms with van der Waals surface area (Å²) >= 11 is 0. The highest BCUT2D eigenvalue weighted by Gasteiger charge is 2.20. The molecule has 106 valence electrons. The van der Waals surface area contributed by atoms with Crippen LogP contribution in [0.5, 0.6) is 0 Å². The van der Waals surface area contributed by atoms with Gasteiger partial charge >= 0.3 is 0 Å². The molecule has 0 radical (unpaired) electrons. The van der Waals surface area contributed by atoms with Crippen LogP contribution in [0.15, 0.2) is 18.2 Å². The minimum atomic E-state index is 0.133. The lowest BCUT2D eigenvalue weighted by atomic mass is 10.1. The number of benzene rings is 1. The molecule has 1 atom stereocenters. The van der Waals surface area contributed by atoms with Gasteiger partial charge in [0.25, 0.3) is 0 Å². The van der Waals surface area contributed by atoms with Crippen molar-refractivity contribution in [2.75, 3.05) is 31.1 Å². The molecule has 0 saturated carbocycles. The van der Waals surface area contributed by atoms with Crippen LogP contribution >= 0.6 is 0 Å². The Labute approximate surface area is 116 Å². The van der Waals surface area contributed by atoms with Crippen LogP contribution in [0.4, 0.5) is 5.69 Å². The number of aliphatic hydroxyl groups excluding tert-OH is 1. The van der Waals surface area contributed by atoms with Crippen LogP contribution in [0.3, 0.4) is 0 Å². The number of aryl methyl sites for hydroxylation is 1. The summed E-state index contributed by atoms with van der Waals surface area (Å²) in [6.07, 6.45) is 1.23. The number of rotatable bonds is 4. The lowest BCUT2D eigenvalue weighted by Crippen LogP contribution is -2.49. The zero-order valence-corrected chi connectivity index (χ0v) is 12.4. The summed E-state index contributed by atoms with van der Waals surface area (Å²) in [5.41, 5.74) is 3.50. The van der Waals surface area contributed by atoms with Crippen molar-refractivity contribution < 1.29 is 5.11 Å². The number of anilines is 1. The molecular formula is C16H26N2O. The number of hydrogen-bond donors (Lipinski definition) is 1. The standard InChI is InChI=1S/C16H26N2O/c1-4-14(3)17-7-9-18(10-8-17)16-6-5-15(12-19)13(2)11-16/h5-6,11,14,19H,4,7-10,12H2,1-3H3. The second kappa shape index (κ2) is 6.40. The molecular weight excluding hydrogens is 236 g/mol. The molecule has 1 heterocycles. The molecule has 3 heteroatoms. The monoisotopic (exact) mass is 262 g/mol. The van der Waals surface area contributed by atoms with E-state index in [0.29, 0.717) is 6.04 Å². The van der Waals surface area contributed by atoms with Gasteiger partial charge in [-0.1, -0.05) is 13.0 Å². The molecule has 2 rings (SSSR count). The molecule has 0 bridgehead atoms. The first kappa shape index (κ1) is 14.4. The smallest absolute Gasteiger partial charge is 0.0684 e. The molecule has 1 aliphatic rings. The predicted octanol–water partition coefficient (Wildman–Crippen LogP) is 2.41. The molecule has 1 N–H and O–H groups in total. The normalized spacial score (nSPS) is 18.6. The van der Waals surface area contributed by atoms with Crippen molar-refractivity contribution in [2.24, 2.45) is 0 Å². The summed E-state index contributed by atoms with van der Waals surface area (Å²) < 4.78 is 0. The van der Waals surface area contributed by atoms with Gasteiger partial charge in [-0.05, 0) is 43.5 Å². The molecule has 3 nitrogen and oxygen atoms in total. The predicted molar refractivity (Wildman–Crippen MR) is 80.6 cm³/mol. The van der Waals surface area contributed by atoms with Gasteiger partial charge < -0.3 is 10.0 Å². The molecule has 1 aromatic carbocycles. The van der Waals surface area contributed by atoms with Crippen molar-refractivity contribution in [2.45, 2.75) is 39.8 Å². The van der Waals surface area contributed by atoms with E-state index >= 15 is 0 Å². The summed E-state index contributed by atoms with van der Waals surface area (Å²) in [7, 11) is 0. The van der Waals surface area contributed by atoms with Crippen LogP contribution in [0.25, 0.3) is 0 Å². The van der Waals surface area contributed by atoms with Crippen molar-refractivity contribution in [3.05, 3.63) is 29.3 Å². The largest absolute Gasteiger partial charge is 0.392 e. The van der Waals surface area contributed by atoms with Gasteiger partial charge in [0.15, 0.2) is 0 Å². The Balaban J connectivity index is 1.99. The highest BCUT2D eigenvalue weighted by Crippen LogP contribution is 2.21. The maximum absolute atomic E-state index is 9.22. The van der Waals surface area contributed by atoms with Gasteiger partial charge in [0.1, 0.15) is 0 Å². The summed E-state index contributed by atoms with van der Waals surface area (Å²) in [5, 5.41) is 9.22. The third kappa shape index (κ3) is 3.28. The Morgan fingerprint density at radius 3 is 2.42 bits per heavy atom. The van der Waals surface area contributed by atoms with Crippen molar-refractivity contribution >= 4 is 5.69 Å². The minimum Gasteiger partial charge on any atom is -0.392 e. The van der Waals surface area contributed by atoms with E-state index in [4.69, 9.17) is 0 Å². The number of piperazine rings is 1. The van der Waals surface area contributed by atoms with Gasteiger partial charge in [-0.2, -0.15) is 0 Å². The van der Waals surface area contributed by atoms with Crippen molar-refractivity contribution in [3.8, 4) is 0 Å². The molecule has 0 aliphatic carbocycles. The van der Waals surface area contributed by atoms with Gasteiger partial charge in [-0.3, -0.25) is 4.90 Å². The van der Waals surface area contributed by atoms with Gasteiger partial charge in [-0.25, -0.2) is 0 Å². The maximum atomic E-state index is 9.22. The van der Waals surface area contributed by atoms with E-state index in [2.05, 4.69) is 42.7 Å². The fraction of sp³-hybridized carbons (Fsp3) is 0.625. The molecule has 1 aliphatic heterocycles. The highest BCUT2D eigenvalue weighted by atomic mass is 16.3. The van der Waals surface area contributed by atoms with Crippen LogP contribution in [-0.4, -0.2) is 42.2 Å². The van der Waals surface area contributed by atoms with Gasteiger partial charge in [-0.15, -0.1) is 0 Å². The third-order valence-corrected chi connectivity index (χ3v) is 4.39. The van der Waals surface area contributed by atoms with Gasteiger partial charge in [0.05, 0.1) is 6.61 Å². The fourth-order valence-electron chi connectivity index (χ4n) is 2.73. The van der Waals surface area contributed by atoms with Crippen LogP contribution in [0.1, 0.15) is 31.4 Å². The Bertz CT molecular complexity index is 411. The second-order valence-corrected chi connectivity index (χ2v) is 5.55. The second-order valence-electron chi connectivity index (χ2n) is 5.55. The van der Waals surface area contributed by atoms with E-state index in [1.807, 2.05) is 6.07 Å². The lowest BCUT2D eigenvalue weighted by Gasteiger charge is -2.39. The van der Waals surface area contributed by atoms with Gasteiger partial charge in [0, 0.05) is 37.9 Å². The summed E-state index contributed by atoms with van der Waals surface area (Å²) in [6, 6.07) is 7.08. The van der Waals surface area contributed by atoms with Crippen LogP contribution < -0.4 is 4.90 Å². The summed E-state index contributed by atoms with van der Waals surface area (Å²) in [6.45, 7) is 11.3. The van der Waals surface area contributed by atoms with Crippen LogP contribution in [0, 0.1) is 6.92 Å². The molecule has 1 aromatic rings. The summed E-state index contributed by atoms with van der Waals surface area (Å²) in [4.78, 5) is 5.03. The van der Waals surface area contributed by atoms with E-state index in [-0.39, 0.29) is 6.61 Å². The van der Waals surface area contributed by atoms with Crippen LogP contribution in [-0.2, 0) is 6.61 Å². The fourth-order valence-corrected chi connectivity index (χ4v) is 2.73. The first-order valence-corrected chi connectivity index (χ1v) is 7.35. The molecule has 0 spiro atoms. The highest BCUT2D eigenvalue weighted by molar-refractivity contribution is 5.51. The minimum absolute atomic E-state index is 0.133. The average molecular weight is 262 g/mol. The zero-order valence-electron chi connectivity index (χ0n) is 12.4. The maximum Gasteiger partial charge on any atom is 0.0684 e. The molecule has 1 fully saturated rings. The molecule has 19 heavy (non-hydrogen) atoms. The van der Waals surface area contributed by atoms with Gasteiger partial charge in [0.2, 0.25) is 0 Å². The Hall–Kier alpha value is -1.06. The zero-order chi connectivity index (χ0) is 13.8. The topological polar surface area (TPSA) is 26.7 Å². The Morgan fingerprint density at radius 1 is 1.21 bits per heavy atom. The number of nitrogens with zero attached hydrogens (tertiary/aromatic N) is 2. The quantitative estimate of drug-likeness (QED) is 0.902. The van der Waals surface area contributed by atoms with E-state index in [1.54, 1.807) is 0 Å². The Morgan fingerprint density at radius 2 is 1.89 bits per heavy atom. The van der Waals surface area contributed by atoms with Crippen molar-refractivity contribution in [3.63, 3.8) is 0 Å². The molecule has 0 aromatic heterocycles. The van der Waals surface area contributed by atoms with E-state index in [0.717, 1.165) is 31.7 Å². The number of aliphatic hydroxyl groups is 1. The summed E-state index contributed by atoms with van der Waals surface area (Å²) in [5.74, 6) is 0. The van der Waals surface area contributed by atoms with Crippen LogP contribution in [0.2, 0.25) is 0 Å². The first-order chi connectivity index (χ1) is 9.15. The lowest BCUT2D eigenvalue weighted by molar-refractivity contribution is 0.193. The molecule has 1 unspecified atom stereocenters. The van der Waals surface area contributed by atoms with E-state index in [1.165, 1.54) is 17.7 Å². The van der Waals surface area contributed by atoms with Crippen molar-refractivity contribution in [1.82, 2.24) is 4.90 Å². The molecule has 1 saturated heterocycles. The van der Waals surface area contributed by atoms with E-state index in [9.17, 15) is 5.11 Å². The first-order valence-electron chi connectivity index (χ1n) is 7.35. The average Bonchev–Trinajstić information content (AvgIpc) is 2.46. The number of hydrogen-bond acceptors (Lipinski definition) is 3. The SMILES string of the molecule is CCC(C)N1CCN(c2ccc(CO)c(C)c2)CC1. The van der Waals surface area contributed by atoms with Crippen molar-refractivity contribution in [1.29, 1.82) is 0 Å². The Kier molecular flexibility index (Phi) is 4.83.